The van der Waals surface area contributed by atoms with Crippen molar-refractivity contribution in [2.75, 3.05) is 0 Å². The molecule has 2 rings (SSSR count). The topological polar surface area (TPSA) is 21.3 Å². The van der Waals surface area contributed by atoms with Gasteiger partial charge in [-0.25, -0.2) is 0 Å². The van der Waals surface area contributed by atoms with Crippen LogP contribution in [0.25, 0.3) is 0 Å². The van der Waals surface area contributed by atoms with Crippen LogP contribution < -0.4 is 10.1 Å². The Morgan fingerprint density at radius 1 is 1.19 bits per heavy atom. The van der Waals surface area contributed by atoms with Gasteiger partial charge in [-0.1, -0.05) is 38.0 Å². The molecule has 0 heterocycles. The van der Waals surface area contributed by atoms with Crippen LogP contribution in [0.1, 0.15) is 65.4 Å². The van der Waals surface area contributed by atoms with Gasteiger partial charge in [-0.05, 0) is 52.0 Å². The van der Waals surface area contributed by atoms with Crippen molar-refractivity contribution in [2.45, 2.75) is 78.0 Å². The third-order valence-corrected chi connectivity index (χ3v) is 4.39. The van der Waals surface area contributed by atoms with Gasteiger partial charge in [-0.3, -0.25) is 0 Å². The summed E-state index contributed by atoms with van der Waals surface area (Å²) in [6.45, 7) is 9.76. The van der Waals surface area contributed by atoms with Crippen LogP contribution in [0, 0.1) is 5.92 Å². The van der Waals surface area contributed by atoms with Crippen molar-refractivity contribution in [2.24, 2.45) is 5.92 Å². The first-order chi connectivity index (χ1) is 9.98. The van der Waals surface area contributed by atoms with Gasteiger partial charge in [0.25, 0.3) is 0 Å². The first-order valence-corrected chi connectivity index (χ1v) is 8.47. The first kappa shape index (κ1) is 16.4. The predicted octanol–water partition coefficient (Wildman–Crippen LogP) is 4.92. The highest BCUT2D eigenvalue weighted by molar-refractivity contribution is 5.33. The fourth-order valence-electron chi connectivity index (χ4n) is 3.02. The fourth-order valence-corrected chi connectivity index (χ4v) is 3.02. The summed E-state index contributed by atoms with van der Waals surface area (Å²) < 4.78 is 6.34. The molecule has 0 radical (unpaired) electrons. The number of benzene rings is 1. The molecule has 0 amide bonds. The average molecular weight is 289 g/mol. The van der Waals surface area contributed by atoms with E-state index in [0.29, 0.717) is 6.10 Å². The van der Waals surface area contributed by atoms with Crippen LogP contribution in [0.15, 0.2) is 24.3 Å². The molecule has 0 bridgehead atoms. The summed E-state index contributed by atoms with van der Waals surface area (Å²) in [5.74, 6) is 1.92. The van der Waals surface area contributed by atoms with E-state index in [1.807, 2.05) is 0 Å². The van der Waals surface area contributed by atoms with Crippen LogP contribution >= 0.6 is 0 Å². The minimum atomic E-state index is 0.130. The van der Waals surface area contributed by atoms with Gasteiger partial charge in [0.15, 0.2) is 0 Å². The van der Waals surface area contributed by atoms with Crippen molar-refractivity contribution >= 4 is 0 Å². The highest BCUT2D eigenvalue weighted by atomic mass is 16.5. The molecule has 0 aliphatic heterocycles. The van der Waals surface area contributed by atoms with Gasteiger partial charge in [0.2, 0.25) is 0 Å². The van der Waals surface area contributed by atoms with E-state index in [9.17, 15) is 0 Å². The molecule has 118 valence electrons. The minimum absolute atomic E-state index is 0.130. The maximum atomic E-state index is 6.34. The third-order valence-electron chi connectivity index (χ3n) is 4.39. The Morgan fingerprint density at radius 2 is 1.95 bits per heavy atom. The normalized spacial score (nSPS) is 23.0. The lowest BCUT2D eigenvalue weighted by Crippen LogP contribution is -2.35. The molecule has 1 aliphatic rings. The van der Waals surface area contributed by atoms with Crippen LogP contribution in [0.2, 0.25) is 0 Å². The van der Waals surface area contributed by atoms with E-state index < -0.39 is 0 Å². The predicted molar refractivity (Wildman–Crippen MR) is 89.7 cm³/mol. The maximum absolute atomic E-state index is 6.34. The molecule has 1 aliphatic carbocycles. The quantitative estimate of drug-likeness (QED) is 0.830. The van der Waals surface area contributed by atoms with Crippen molar-refractivity contribution in [3.8, 4) is 5.75 Å². The lowest BCUT2D eigenvalue weighted by Gasteiger charge is -2.30. The largest absolute Gasteiger partial charge is 0.490 e. The second kappa shape index (κ2) is 7.31. The zero-order chi connectivity index (χ0) is 15.3. The Morgan fingerprint density at radius 3 is 2.67 bits per heavy atom. The number of rotatable bonds is 5. The highest BCUT2D eigenvalue weighted by Gasteiger charge is 2.22. The Kier molecular flexibility index (Phi) is 5.69. The zero-order valence-electron chi connectivity index (χ0n) is 14.1. The van der Waals surface area contributed by atoms with Gasteiger partial charge in [-0.15, -0.1) is 0 Å². The molecule has 2 unspecified atom stereocenters. The van der Waals surface area contributed by atoms with E-state index in [2.05, 4.69) is 57.3 Å². The van der Waals surface area contributed by atoms with Crippen LogP contribution in [0.4, 0.5) is 0 Å². The summed E-state index contributed by atoms with van der Waals surface area (Å²) in [4.78, 5) is 0. The van der Waals surface area contributed by atoms with Crippen LogP contribution in [-0.4, -0.2) is 11.6 Å². The summed E-state index contributed by atoms with van der Waals surface area (Å²) in [6, 6.07) is 8.47. The van der Waals surface area contributed by atoms with Gasteiger partial charge < -0.3 is 10.1 Å². The Labute approximate surface area is 130 Å². The SMILES string of the molecule is CCC1CCCC(Oc2ccccc2CNC(C)(C)C)C1. The van der Waals surface area contributed by atoms with E-state index in [1.165, 1.54) is 37.7 Å². The second-order valence-corrected chi connectivity index (χ2v) is 7.39. The Bertz CT molecular complexity index is 435. The first-order valence-electron chi connectivity index (χ1n) is 8.47. The Balaban J connectivity index is 1.99. The molecular weight excluding hydrogens is 258 g/mol. The average Bonchev–Trinajstić information content (AvgIpc) is 2.46. The molecule has 0 spiro atoms. The fraction of sp³-hybridized carbons (Fsp3) is 0.684. The molecule has 0 aromatic heterocycles. The second-order valence-electron chi connectivity index (χ2n) is 7.39. The van der Waals surface area contributed by atoms with E-state index >= 15 is 0 Å². The molecule has 2 atom stereocenters. The lowest BCUT2D eigenvalue weighted by atomic mass is 9.85. The third kappa shape index (κ3) is 5.35. The summed E-state index contributed by atoms with van der Waals surface area (Å²) in [5.41, 5.74) is 1.40. The molecule has 0 saturated heterocycles. The number of hydrogen-bond acceptors (Lipinski definition) is 2. The minimum Gasteiger partial charge on any atom is -0.490 e. The van der Waals surface area contributed by atoms with Crippen LogP contribution in [-0.2, 0) is 6.54 Å². The maximum Gasteiger partial charge on any atom is 0.124 e. The van der Waals surface area contributed by atoms with E-state index in [1.54, 1.807) is 0 Å². The van der Waals surface area contributed by atoms with Crippen LogP contribution in [0.3, 0.4) is 0 Å². The van der Waals surface area contributed by atoms with Gasteiger partial charge in [0.1, 0.15) is 5.75 Å². The van der Waals surface area contributed by atoms with E-state index in [4.69, 9.17) is 4.74 Å². The van der Waals surface area contributed by atoms with Gasteiger partial charge >= 0.3 is 0 Å². The molecule has 1 aromatic carbocycles. The summed E-state index contributed by atoms with van der Waals surface area (Å²) in [7, 11) is 0. The molecular formula is C19H31NO. The summed E-state index contributed by atoms with van der Waals surface area (Å²) in [6.07, 6.45) is 6.80. The van der Waals surface area contributed by atoms with Crippen molar-refractivity contribution < 1.29 is 4.74 Å². The van der Waals surface area contributed by atoms with Gasteiger partial charge in [0.05, 0.1) is 6.10 Å². The van der Waals surface area contributed by atoms with E-state index in [-0.39, 0.29) is 5.54 Å². The van der Waals surface area contributed by atoms with Crippen molar-refractivity contribution in [3.63, 3.8) is 0 Å². The van der Waals surface area contributed by atoms with E-state index in [0.717, 1.165) is 18.2 Å². The molecule has 1 fully saturated rings. The zero-order valence-corrected chi connectivity index (χ0v) is 14.1. The number of para-hydroxylation sites is 1. The molecule has 2 heteroatoms. The van der Waals surface area contributed by atoms with Gasteiger partial charge in [0, 0.05) is 17.6 Å². The van der Waals surface area contributed by atoms with Crippen LogP contribution in [0.5, 0.6) is 5.75 Å². The van der Waals surface area contributed by atoms with Crippen molar-refractivity contribution in [1.82, 2.24) is 5.32 Å². The molecule has 1 saturated carbocycles. The molecule has 2 nitrogen and oxygen atoms in total. The Hall–Kier alpha value is -1.02. The molecule has 1 N–H and O–H groups in total. The summed E-state index contributed by atoms with van der Waals surface area (Å²) >= 11 is 0. The number of nitrogens with one attached hydrogen (secondary N) is 1. The molecule has 1 aromatic rings. The number of hydrogen-bond donors (Lipinski definition) is 1. The van der Waals surface area contributed by atoms with Gasteiger partial charge in [-0.2, -0.15) is 0 Å². The van der Waals surface area contributed by atoms with Crippen molar-refractivity contribution in [3.05, 3.63) is 29.8 Å². The molecule has 21 heavy (non-hydrogen) atoms. The van der Waals surface area contributed by atoms with Crippen molar-refractivity contribution in [1.29, 1.82) is 0 Å². The summed E-state index contributed by atoms with van der Waals surface area (Å²) in [5, 5.41) is 3.56. The monoisotopic (exact) mass is 289 g/mol. The lowest BCUT2D eigenvalue weighted by molar-refractivity contribution is 0.120. The highest BCUT2D eigenvalue weighted by Crippen LogP contribution is 2.30. The number of ether oxygens (including phenoxy) is 1. The standard InChI is InChI=1S/C19H31NO/c1-5-15-9-8-11-17(13-15)21-18-12-7-6-10-16(18)14-20-19(2,3)4/h6-7,10,12,15,17,20H,5,8-9,11,13-14H2,1-4H3. The smallest absolute Gasteiger partial charge is 0.124 e.